The van der Waals surface area contributed by atoms with Crippen molar-refractivity contribution in [3.8, 4) is 11.5 Å². The van der Waals surface area contributed by atoms with E-state index >= 15 is 0 Å². The van der Waals surface area contributed by atoms with Gasteiger partial charge in [-0.1, -0.05) is 12.1 Å². The smallest absolute Gasteiger partial charge is 0.244 e. The minimum absolute atomic E-state index is 0.0841. The Kier molecular flexibility index (Phi) is 5.23. The van der Waals surface area contributed by atoms with Crippen molar-refractivity contribution in [2.75, 3.05) is 14.2 Å². The van der Waals surface area contributed by atoms with Gasteiger partial charge >= 0.3 is 0 Å². The van der Waals surface area contributed by atoms with E-state index in [1.54, 1.807) is 38.3 Å². The Morgan fingerprint density at radius 1 is 1.04 bits per heavy atom. The molecule has 0 radical (unpaired) electrons. The number of hydrogen-bond donors (Lipinski definition) is 1. The number of sulfonamides is 1. The van der Waals surface area contributed by atoms with Gasteiger partial charge in [0.25, 0.3) is 0 Å². The predicted molar refractivity (Wildman–Crippen MR) is 84.7 cm³/mol. The molecule has 23 heavy (non-hydrogen) atoms. The Morgan fingerprint density at radius 3 is 2.26 bits per heavy atom. The van der Waals surface area contributed by atoms with Gasteiger partial charge in [0.2, 0.25) is 10.0 Å². The topological polar surface area (TPSA) is 64.6 Å². The maximum atomic E-state index is 13.4. The third-order valence-electron chi connectivity index (χ3n) is 3.36. The summed E-state index contributed by atoms with van der Waals surface area (Å²) in [6.07, 6.45) is 0. The van der Waals surface area contributed by atoms with Crippen LogP contribution in [0.4, 0.5) is 4.39 Å². The highest BCUT2D eigenvalue weighted by atomic mass is 32.2. The fourth-order valence-corrected chi connectivity index (χ4v) is 3.53. The van der Waals surface area contributed by atoms with Gasteiger partial charge in [-0.3, -0.25) is 0 Å². The van der Waals surface area contributed by atoms with Gasteiger partial charge < -0.3 is 9.47 Å². The van der Waals surface area contributed by atoms with Crippen LogP contribution >= 0.6 is 0 Å². The van der Waals surface area contributed by atoms with Crippen LogP contribution < -0.4 is 14.2 Å². The van der Waals surface area contributed by atoms with Gasteiger partial charge in [-0.05, 0) is 42.8 Å². The normalized spacial score (nSPS) is 12.7. The quantitative estimate of drug-likeness (QED) is 0.879. The average molecular weight is 339 g/mol. The Bertz CT molecular complexity index is 775. The lowest BCUT2D eigenvalue weighted by Gasteiger charge is -2.16. The van der Waals surface area contributed by atoms with E-state index in [1.165, 1.54) is 13.2 Å². The third kappa shape index (κ3) is 4.00. The maximum Gasteiger partial charge on any atom is 0.244 e. The molecule has 0 aliphatic rings. The highest BCUT2D eigenvalue weighted by Crippen LogP contribution is 2.26. The molecule has 0 heterocycles. The molecule has 0 amide bonds. The number of nitrogens with one attached hydrogen (secondary N) is 1. The van der Waals surface area contributed by atoms with E-state index in [4.69, 9.17) is 9.47 Å². The predicted octanol–water partition coefficient (Wildman–Crippen LogP) is 2.88. The molecule has 0 aliphatic heterocycles. The molecule has 1 N–H and O–H groups in total. The second kappa shape index (κ2) is 6.97. The van der Waals surface area contributed by atoms with E-state index in [0.717, 1.165) is 17.7 Å². The number of ether oxygens (including phenoxy) is 2. The van der Waals surface area contributed by atoms with E-state index < -0.39 is 21.9 Å². The maximum absolute atomic E-state index is 13.4. The zero-order chi connectivity index (χ0) is 17.0. The fraction of sp³-hybridized carbons (Fsp3) is 0.250. The molecule has 2 rings (SSSR count). The van der Waals surface area contributed by atoms with Crippen molar-refractivity contribution in [3.05, 3.63) is 53.8 Å². The lowest BCUT2D eigenvalue weighted by Crippen LogP contribution is -2.27. The second-order valence-corrected chi connectivity index (χ2v) is 6.59. The Labute approximate surface area is 135 Å². The molecule has 0 aliphatic carbocycles. The largest absolute Gasteiger partial charge is 0.497 e. The molecule has 0 saturated carbocycles. The molecule has 0 bridgehead atoms. The van der Waals surface area contributed by atoms with Crippen LogP contribution in [0.15, 0.2) is 47.4 Å². The van der Waals surface area contributed by atoms with Crippen LogP contribution in [-0.4, -0.2) is 22.6 Å². The summed E-state index contributed by atoms with van der Waals surface area (Å²) in [4.78, 5) is -0.236. The fourth-order valence-electron chi connectivity index (χ4n) is 2.12. The molecule has 2 aromatic rings. The number of rotatable bonds is 6. The summed E-state index contributed by atoms with van der Waals surface area (Å²) < 4.78 is 51.0. The summed E-state index contributed by atoms with van der Waals surface area (Å²) in [6.45, 7) is 1.70. The van der Waals surface area contributed by atoms with Crippen LogP contribution in [0.3, 0.4) is 0 Å². The van der Waals surface area contributed by atoms with Crippen molar-refractivity contribution >= 4 is 10.0 Å². The SMILES string of the molecule is COc1ccc([C@H](C)NS(=O)(=O)c2cc(F)ccc2OC)cc1. The molecule has 5 nitrogen and oxygen atoms in total. The molecule has 0 spiro atoms. The van der Waals surface area contributed by atoms with Crippen LogP contribution in [0.5, 0.6) is 11.5 Å². The van der Waals surface area contributed by atoms with Gasteiger partial charge in [-0.25, -0.2) is 17.5 Å². The van der Waals surface area contributed by atoms with Crippen molar-refractivity contribution in [2.24, 2.45) is 0 Å². The molecule has 0 unspecified atom stereocenters. The van der Waals surface area contributed by atoms with Gasteiger partial charge in [-0.2, -0.15) is 0 Å². The van der Waals surface area contributed by atoms with E-state index in [2.05, 4.69) is 4.72 Å². The summed E-state index contributed by atoms with van der Waals surface area (Å²) >= 11 is 0. The van der Waals surface area contributed by atoms with Crippen molar-refractivity contribution < 1.29 is 22.3 Å². The molecule has 2 aromatic carbocycles. The molecule has 0 saturated heterocycles. The first-order valence-electron chi connectivity index (χ1n) is 6.87. The molecule has 124 valence electrons. The summed E-state index contributed by atoms with van der Waals surface area (Å²) in [5.41, 5.74) is 0.754. The Hall–Kier alpha value is -2.12. The van der Waals surface area contributed by atoms with Gasteiger partial charge in [0.15, 0.2) is 0 Å². The van der Waals surface area contributed by atoms with Gasteiger partial charge in [0, 0.05) is 6.04 Å². The van der Waals surface area contributed by atoms with Gasteiger partial charge in [0.1, 0.15) is 22.2 Å². The van der Waals surface area contributed by atoms with Crippen molar-refractivity contribution in [3.63, 3.8) is 0 Å². The summed E-state index contributed by atoms with van der Waals surface area (Å²) in [6, 6.07) is 9.85. The average Bonchev–Trinajstić information content (AvgIpc) is 2.54. The van der Waals surface area contributed by atoms with E-state index in [-0.39, 0.29) is 10.6 Å². The second-order valence-electron chi connectivity index (χ2n) is 4.91. The van der Waals surface area contributed by atoms with Crippen molar-refractivity contribution in [1.29, 1.82) is 0 Å². The van der Waals surface area contributed by atoms with E-state index in [9.17, 15) is 12.8 Å². The van der Waals surface area contributed by atoms with Crippen molar-refractivity contribution in [1.82, 2.24) is 4.72 Å². The highest BCUT2D eigenvalue weighted by Gasteiger charge is 2.23. The Morgan fingerprint density at radius 2 is 1.70 bits per heavy atom. The molecule has 0 fully saturated rings. The van der Waals surface area contributed by atoms with Crippen LogP contribution in [0.1, 0.15) is 18.5 Å². The standard InChI is InChI=1S/C16H18FNO4S/c1-11(12-4-7-14(21-2)8-5-12)18-23(19,20)16-10-13(17)6-9-15(16)22-3/h4-11,18H,1-3H3/t11-/m0/s1. The van der Waals surface area contributed by atoms with Crippen LogP contribution in [0.25, 0.3) is 0 Å². The first kappa shape index (κ1) is 17.2. The number of benzene rings is 2. The van der Waals surface area contributed by atoms with Gasteiger partial charge in [-0.15, -0.1) is 0 Å². The van der Waals surface area contributed by atoms with Crippen LogP contribution in [-0.2, 0) is 10.0 Å². The molecule has 1 atom stereocenters. The molecule has 0 aromatic heterocycles. The molecular weight excluding hydrogens is 321 g/mol. The lowest BCUT2D eigenvalue weighted by molar-refractivity contribution is 0.400. The lowest BCUT2D eigenvalue weighted by atomic mass is 10.1. The first-order chi connectivity index (χ1) is 10.9. The van der Waals surface area contributed by atoms with E-state index in [1.807, 2.05) is 0 Å². The highest BCUT2D eigenvalue weighted by molar-refractivity contribution is 7.89. The van der Waals surface area contributed by atoms with Crippen molar-refractivity contribution in [2.45, 2.75) is 17.9 Å². The third-order valence-corrected chi connectivity index (χ3v) is 4.92. The molecule has 7 heteroatoms. The summed E-state index contributed by atoms with van der Waals surface area (Å²) in [7, 11) is -1.05. The zero-order valence-corrected chi connectivity index (χ0v) is 13.9. The van der Waals surface area contributed by atoms with Crippen LogP contribution in [0.2, 0.25) is 0 Å². The summed E-state index contributed by atoms with van der Waals surface area (Å²) in [5, 5.41) is 0. The van der Waals surface area contributed by atoms with E-state index in [0.29, 0.717) is 5.75 Å². The van der Waals surface area contributed by atoms with Gasteiger partial charge in [0.05, 0.1) is 14.2 Å². The first-order valence-corrected chi connectivity index (χ1v) is 8.35. The van der Waals surface area contributed by atoms with Crippen LogP contribution in [0, 0.1) is 5.82 Å². The zero-order valence-electron chi connectivity index (χ0n) is 13.0. The monoisotopic (exact) mass is 339 g/mol. The summed E-state index contributed by atoms with van der Waals surface area (Å²) in [5.74, 6) is 0.111. The number of halogens is 1. The minimum atomic E-state index is -3.93. The number of methoxy groups -OCH3 is 2. The minimum Gasteiger partial charge on any atom is -0.497 e. The number of hydrogen-bond acceptors (Lipinski definition) is 4. The Balaban J connectivity index is 2.28. The molecular formula is C16H18FNO4S.